The predicted octanol–water partition coefficient (Wildman–Crippen LogP) is 5.12. The second-order valence-corrected chi connectivity index (χ2v) is 6.28. The highest BCUT2D eigenvalue weighted by molar-refractivity contribution is 5.15. The van der Waals surface area contributed by atoms with Gasteiger partial charge in [-0.25, -0.2) is 4.39 Å². The highest BCUT2D eigenvalue weighted by Gasteiger charge is 2.14. The molecule has 1 unspecified atom stereocenters. The summed E-state index contributed by atoms with van der Waals surface area (Å²) in [6, 6.07) is 10.7. The number of hydrogen-bond acceptors (Lipinski definition) is 2. The van der Waals surface area contributed by atoms with Gasteiger partial charge in [0, 0.05) is 12.5 Å². The van der Waals surface area contributed by atoms with Crippen molar-refractivity contribution in [2.45, 2.75) is 45.6 Å². The van der Waals surface area contributed by atoms with E-state index in [1.807, 2.05) is 18.2 Å². The molecule has 0 bridgehead atoms. The molecule has 0 aliphatic heterocycles. The second kappa shape index (κ2) is 8.74. The molecular weight excluding hydrogens is 277 g/mol. The van der Waals surface area contributed by atoms with E-state index in [2.05, 4.69) is 25.2 Å². The van der Waals surface area contributed by atoms with E-state index < -0.39 is 0 Å². The van der Waals surface area contributed by atoms with Crippen LogP contribution >= 0.6 is 0 Å². The quantitative estimate of drug-likeness (QED) is 0.651. The van der Waals surface area contributed by atoms with E-state index in [-0.39, 0.29) is 5.82 Å². The molecule has 0 radical (unpaired) electrons. The van der Waals surface area contributed by atoms with E-state index in [4.69, 9.17) is 4.42 Å². The van der Waals surface area contributed by atoms with Crippen LogP contribution in [0.4, 0.5) is 4.39 Å². The highest BCUT2D eigenvalue weighted by atomic mass is 19.1. The molecule has 3 heteroatoms. The van der Waals surface area contributed by atoms with Crippen LogP contribution in [0.15, 0.2) is 47.1 Å². The van der Waals surface area contributed by atoms with Gasteiger partial charge in [0.2, 0.25) is 0 Å². The molecule has 0 saturated heterocycles. The number of halogens is 1. The molecule has 2 nitrogen and oxygen atoms in total. The molecule has 0 aliphatic rings. The van der Waals surface area contributed by atoms with Crippen LogP contribution in [-0.4, -0.2) is 6.54 Å². The Bertz CT molecular complexity index is 519. The Hall–Kier alpha value is -1.61. The molecule has 0 aliphatic carbocycles. The normalized spacial score (nSPS) is 12.7. The zero-order chi connectivity index (χ0) is 15.8. The molecule has 0 saturated carbocycles. The van der Waals surface area contributed by atoms with Gasteiger partial charge in [-0.15, -0.1) is 0 Å². The molecule has 0 spiro atoms. The lowest BCUT2D eigenvalue weighted by atomic mass is 9.93. The first-order valence-electron chi connectivity index (χ1n) is 8.13. The van der Waals surface area contributed by atoms with Crippen LogP contribution in [0.2, 0.25) is 0 Å². The van der Waals surface area contributed by atoms with Crippen LogP contribution in [0.3, 0.4) is 0 Å². The third-order valence-corrected chi connectivity index (χ3v) is 3.95. The average Bonchev–Trinajstić information content (AvgIpc) is 3.02. The van der Waals surface area contributed by atoms with Crippen molar-refractivity contribution in [2.24, 2.45) is 5.92 Å². The van der Waals surface area contributed by atoms with Crippen LogP contribution in [0.1, 0.15) is 50.4 Å². The summed E-state index contributed by atoms with van der Waals surface area (Å²) in [5.74, 6) is 2.09. The molecule has 0 amide bonds. The molecule has 22 heavy (non-hydrogen) atoms. The molecule has 0 fully saturated rings. The van der Waals surface area contributed by atoms with Gasteiger partial charge < -0.3 is 9.73 Å². The largest absolute Gasteiger partial charge is 0.469 e. The van der Waals surface area contributed by atoms with Crippen LogP contribution in [0, 0.1) is 11.7 Å². The lowest BCUT2D eigenvalue weighted by molar-refractivity contribution is 0.397. The van der Waals surface area contributed by atoms with Crippen molar-refractivity contribution in [1.29, 1.82) is 0 Å². The van der Waals surface area contributed by atoms with Crippen molar-refractivity contribution >= 4 is 0 Å². The average molecular weight is 303 g/mol. The summed E-state index contributed by atoms with van der Waals surface area (Å²) in [4.78, 5) is 0. The zero-order valence-electron chi connectivity index (χ0n) is 13.5. The van der Waals surface area contributed by atoms with Gasteiger partial charge in [0.25, 0.3) is 0 Å². The van der Waals surface area contributed by atoms with E-state index in [0.717, 1.165) is 37.3 Å². The molecular formula is C19H26FNO. The van der Waals surface area contributed by atoms with Gasteiger partial charge in [-0.1, -0.05) is 32.4 Å². The topological polar surface area (TPSA) is 25.2 Å². The SMILES string of the molecule is CC(C)CCC(CCNCc1ccc(F)cc1)c1ccco1. The summed E-state index contributed by atoms with van der Waals surface area (Å²) in [7, 11) is 0. The summed E-state index contributed by atoms with van der Waals surface area (Å²) < 4.78 is 18.4. The van der Waals surface area contributed by atoms with E-state index in [1.54, 1.807) is 6.26 Å². The summed E-state index contributed by atoms with van der Waals surface area (Å²) in [6.07, 6.45) is 5.18. The smallest absolute Gasteiger partial charge is 0.123 e. The molecule has 1 atom stereocenters. The third-order valence-electron chi connectivity index (χ3n) is 3.95. The minimum absolute atomic E-state index is 0.185. The summed E-state index contributed by atoms with van der Waals surface area (Å²) in [6.45, 7) is 6.22. The van der Waals surface area contributed by atoms with Gasteiger partial charge in [-0.3, -0.25) is 0 Å². The minimum Gasteiger partial charge on any atom is -0.469 e. The van der Waals surface area contributed by atoms with Crippen molar-refractivity contribution in [1.82, 2.24) is 5.32 Å². The predicted molar refractivity (Wildman–Crippen MR) is 88.2 cm³/mol. The van der Waals surface area contributed by atoms with Crippen molar-refractivity contribution in [2.75, 3.05) is 6.54 Å². The van der Waals surface area contributed by atoms with E-state index in [9.17, 15) is 4.39 Å². The van der Waals surface area contributed by atoms with E-state index >= 15 is 0 Å². The Morgan fingerprint density at radius 2 is 1.82 bits per heavy atom. The van der Waals surface area contributed by atoms with Gasteiger partial charge >= 0.3 is 0 Å². The van der Waals surface area contributed by atoms with E-state index in [0.29, 0.717) is 11.8 Å². The maximum Gasteiger partial charge on any atom is 0.123 e. The Labute approximate surface area is 132 Å². The van der Waals surface area contributed by atoms with Crippen LogP contribution in [0.25, 0.3) is 0 Å². The maximum atomic E-state index is 12.9. The molecule has 1 aromatic heterocycles. The van der Waals surface area contributed by atoms with Crippen molar-refractivity contribution in [3.8, 4) is 0 Å². The monoisotopic (exact) mass is 303 g/mol. The Morgan fingerprint density at radius 1 is 1.05 bits per heavy atom. The number of rotatable bonds is 9. The Kier molecular flexibility index (Phi) is 6.66. The fourth-order valence-electron chi connectivity index (χ4n) is 2.60. The molecule has 1 N–H and O–H groups in total. The summed E-state index contributed by atoms with van der Waals surface area (Å²) >= 11 is 0. The fourth-order valence-corrected chi connectivity index (χ4v) is 2.60. The third kappa shape index (κ3) is 5.64. The van der Waals surface area contributed by atoms with Gasteiger partial charge in [0.05, 0.1) is 6.26 Å². The first-order valence-corrected chi connectivity index (χ1v) is 8.13. The lowest BCUT2D eigenvalue weighted by Crippen LogP contribution is -2.17. The number of furan rings is 1. The highest BCUT2D eigenvalue weighted by Crippen LogP contribution is 2.26. The standard InChI is InChI=1S/C19H26FNO/c1-15(2)5-8-17(19-4-3-13-22-19)11-12-21-14-16-6-9-18(20)10-7-16/h3-4,6-7,9-10,13,15,17,21H,5,8,11-12,14H2,1-2H3. The second-order valence-electron chi connectivity index (χ2n) is 6.28. The molecule has 120 valence electrons. The number of benzene rings is 1. The first kappa shape index (κ1) is 16.8. The number of nitrogens with one attached hydrogen (secondary N) is 1. The fraction of sp³-hybridized carbons (Fsp3) is 0.474. The zero-order valence-corrected chi connectivity index (χ0v) is 13.5. The summed E-state index contributed by atoms with van der Waals surface area (Å²) in [5.41, 5.74) is 1.11. The van der Waals surface area contributed by atoms with Crippen molar-refractivity contribution in [3.05, 3.63) is 59.8 Å². The van der Waals surface area contributed by atoms with Crippen LogP contribution < -0.4 is 5.32 Å². The van der Waals surface area contributed by atoms with Crippen LogP contribution in [-0.2, 0) is 6.54 Å². The Balaban J connectivity index is 1.77. The molecule has 2 aromatic rings. The molecule has 1 heterocycles. The lowest BCUT2D eigenvalue weighted by Gasteiger charge is -2.16. The van der Waals surface area contributed by atoms with Gasteiger partial charge in [-0.2, -0.15) is 0 Å². The molecule has 2 rings (SSSR count). The van der Waals surface area contributed by atoms with Crippen LogP contribution in [0.5, 0.6) is 0 Å². The molecule has 1 aromatic carbocycles. The first-order chi connectivity index (χ1) is 10.6. The van der Waals surface area contributed by atoms with E-state index in [1.165, 1.54) is 18.6 Å². The van der Waals surface area contributed by atoms with Crippen molar-refractivity contribution < 1.29 is 8.81 Å². The Morgan fingerprint density at radius 3 is 2.45 bits per heavy atom. The van der Waals surface area contributed by atoms with Gasteiger partial charge in [0.1, 0.15) is 11.6 Å². The number of hydrogen-bond donors (Lipinski definition) is 1. The summed E-state index contributed by atoms with van der Waals surface area (Å²) in [5, 5.41) is 3.44. The van der Waals surface area contributed by atoms with Crippen molar-refractivity contribution in [3.63, 3.8) is 0 Å². The minimum atomic E-state index is -0.185. The van der Waals surface area contributed by atoms with Gasteiger partial charge in [-0.05, 0) is 55.1 Å². The van der Waals surface area contributed by atoms with Gasteiger partial charge in [0.15, 0.2) is 0 Å². The maximum absolute atomic E-state index is 12.9.